The molecule has 0 radical (unpaired) electrons. The molecule has 0 aliphatic heterocycles. The summed E-state index contributed by atoms with van der Waals surface area (Å²) in [6.07, 6.45) is 0. The normalized spacial score (nSPS) is 19.4. The molecule has 4 nitrogen and oxygen atoms in total. The van der Waals surface area contributed by atoms with Crippen LogP contribution in [0, 0.1) is 0 Å². The van der Waals surface area contributed by atoms with Gasteiger partial charge in [-0.3, -0.25) is 0 Å². The molecule has 8 rings (SSSR count). The largest absolute Gasteiger partial charge is 0.456 e. The van der Waals surface area contributed by atoms with Crippen LogP contribution in [-0.4, -0.2) is 15.0 Å². The molecule has 43 heavy (non-hydrogen) atoms. The maximum Gasteiger partial charge on any atom is 0.164 e. The number of rotatable bonds is 5. The highest BCUT2D eigenvalue weighted by Gasteiger charge is 2.15. The van der Waals surface area contributed by atoms with Gasteiger partial charge in [0, 0.05) is 27.5 Å². The summed E-state index contributed by atoms with van der Waals surface area (Å²) in [4.78, 5) is 12.6. The van der Waals surface area contributed by atoms with Crippen LogP contribution >= 0.6 is 0 Å². The Labute approximate surface area is 284 Å². The molecule has 202 valence electrons. The second kappa shape index (κ2) is 10.5. The van der Waals surface area contributed by atoms with Crippen molar-refractivity contribution in [1.29, 1.82) is 0 Å². The fraction of sp³-hybridized carbons (Fsp3) is 0. The molecule has 0 spiro atoms. The number of benzene rings is 6. The van der Waals surface area contributed by atoms with Crippen molar-refractivity contribution in [3.8, 4) is 56.4 Å². The summed E-state index contributed by atoms with van der Waals surface area (Å²) in [5.74, 6) is -2.55. The minimum absolute atomic E-state index is 0.396. The highest BCUT2D eigenvalue weighted by Crippen LogP contribution is 2.37. The number of para-hydroxylation sites is 1. The van der Waals surface area contributed by atoms with Crippen LogP contribution in [0.25, 0.3) is 78.4 Å². The lowest BCUT2D eigenvalue weighted by molar-refractivity contribution is 0.669. The summed E-state index contributed by atoms with van der Waals surface area (Å²) in [5, 5.41) is -0.806. The Bertz CT molecular complexity index is 3530. The van der Waals surface area contributed by atoms with E-state index in [1.54, 1.807) is 0 Å². The number of aromatic nitrogens is 3. The summed E-state index contributed by atoms with van der Waals surface area (Å²) in [5.41, 5.74) is -6.08. The second-order valence-electron chi connectivity index (χ2n) is 8.57. The molecule has 0 bridgehead atoms. The third kappa shape index (κ3) is 4.65. The topological polar surface area (TPSA) is 51.8 Å². The molecule has 0 aliphatic rings. The Kier molecular flexibility index (Phi) is 2.48. The Morgan fingerprint density at radius 2 is 0.814 bits per heavy atom. The molecular formula is C39H25N3O. The predicted molar refractivity (Wildman–Crippen MR) is 174 cm³/mol. The molecule has 0 aliphatic carbocycles. The first-order valence-corrected chi connectivity index (χ1v) is 12.2. The van der Waals surface area contributed by atoms with E-state index in [0.29, 0.717) is 0 Å². The number of nitrogens with zero attached hydrogens (tertiary/aromatic N) is 3. The lowest BCUT2D eigenvalue weighted by Crippen LogP contribution is -2.00. The third-order valence-electron chi connectivity index (χ3n) is 6.00. The van der Waals surface area contributed by atoms with Gasteiger partial charge in [-0.05, 0) is 34.3 Å². The molecule has 8 aromatic rings. The monoisotopic (exact) mass is 576 g/mol. The van der Waals surface area contributed by atoms with E-state index < -0.39 is 229 Å². The highest BCUT2D eigenvalue weighted by molar-refractivity contribution is 6.12. The van der Waals surface area contributed by atoms with E-state index in [4.69, 9.17) is 33.2 Å². The van der Waals surface area contributed by atoms with Crippen molar-refractivity contribution in [2.75, 3.05) is 0 Å². The molecule has 6 aromatic carbocycles. The van der Waals surface area contributed by atoms with Crippen molar-refractivity contribution in [3.63, 3.8) is 0 Å². The van der Waals surface area contributed by atoms with Gasteiger partial charge in [-0.25, -0.2) is 15.0 Å². The standard InChI is InChI=1S/C39H25N3O/c1-3-10-26(11-4-1)27-18-22-30(23-19-27)38-40-37(29-12-5-2-6-13-29)41-39(42-38)31-24-20-28(21-25-31)32-15-9-17-35-36(32)33-14-7-8-16-34(33)43-35/h1-25H/i1D,2D,3D,4D,5D,6D,7D,8D,9D,10D,11D,12D,13D,14D,15D,16D,17D,18D,19D,20D,21D,22D,23D,24D,25D. The van der Waals surface area contributed by atoms with Crippen LogP contribution in [0.15, 0.2) is 155 Å². The fourth-order valence-electron chi connectivity index (χ4n) is 4.09. The van der Waals surface area contributed by atoms with E-state index in [2.05, 4.69) is 15.0 Å². The lowest BCUT2D eigenvalue weighted by atomic mass is 9.98. The Hall–Kier alpha value is -5.87. The Morgan fingerprint density at radius 1 is 0.372 bits per heavy atom. The van der Waals surface area contributed by atoms with Gasteiger partial charge in [0.15, 0.2) is 17.5 Å². The quantitative estimate of drug-likeness (QED) is 0.205. The number of hydrogen-bond donors (Lipinski definition) is 0. The van der Waals surface area contributed by atoms with Crippen molar-refractivity contribution in [1.82, 2.24) is 15.0 Å². The van der Waals surface area contributed by atoms with Gasteiger partial charge in [-0.2, -0.15) is 0 Å². The van der Waals surface area contributed by atoms with Gasteiger partial charge in [0.05, 0.1) is 34.3 Å². The SMILES string of the molecule is [2H]c1c([2H])c([2H])c(-c2nc(-c3c([2H])c([2H])c(-c4c([2H])c([2H])c([2H])c([2H])c4[2H])c([2H])c3[2H])nc(-c3c([2H])c([2H])c(-c4c([2H])c([2H])c([2H])c5oc6c([2H])c([2H])c([2H])c([2H])c6c45)c([2H])c3[2H])n2)c([2H])c1[2H]. The van der Waals surface area contributed by atoms with Crippen molar-refractivity contribution >= 4 is 21.9 Å². The first-order chi connectivity index (χ1) is 31.7. The summed E-state index contributed by atoms with van der Waals surface area (Å²) in [7, 11) is 0. The molecule has 0 saturated carbocycles. The zero-order valence-electron chi connectivity index (χ0n) is 46.2. The molecule has 0 fully saturated rings. The van der Waals surface area contributed by atoms with Crippen LogP contribution in [0.5, 0.6) is 0 Å². The number of fused-ring (bicyclic) bond motifs is 3. The second-order valence-corrected chi connectivity index (χ2v) is 8.57. The summed E-state index contributed by atoms with van der Waals surface area (Å²) < 4.78 is 221. The molecule has 4 heteroatoms. The van der Waals surface area contributed by atoms with Gasteiger partial charge in [0.25, 0.3) is 0 Å². The van der Waals surface area contributed by atoms with Gasteiger partial charge in [-0.1, -0.05) is 139 Å². The average Bonchev–Trinajstić information content (AvgIpc) is 3.71. The van der Waals surface area contributed by atoms with Crippen LogP contribution in [0.3, 0.4) is 0 Å². The number of furan rings is 1. The highest BCUT2D eigenvalue weighted by atomic mass is 16.3. The third-order valence-corrected chi connectivity index (χ3v) is 6.00. The lowest BCUT2D eigenvalue weighted by Gasteiger charge is -2.10. The average molecular weight is 577 g/mol. The van der Waals surface area contributed by atoms with E-state index in [0.717, 1.165) is 0 Å². The Balaban J connectivity index is 1.48. The van der Waals surface area contributed by atoms with Gasteiger partial charge in [0.2, 0.25) is 0 Å². The van der Waals surface area contributed by atoms with Crippen LogP contribution in [-0.2, 0) is 0 Å². The summed E-state index contributed by atoms with van der Waals surface area (Å²) >= 11 is 0. The van der Waals surface area contributed by atoms with Crippen molar-refractivity contribution in [3.05, 3.63) is 151 Å². The van der Waals surface area contributed by atoms with E-state index in [-0.39, 0.29) is 0 Å². The van der Waals surface area contributed by atoms with Gasteiger partial charge < -0.3 is 4.42 Å². The number of hydrogen-bond acceptors (Lipinski definition) is 4. The molecule has 0 atom stereocenters. The van der Waals surface area contributed by atoms with E-state index >= 15 is 0 Å². The predicted octanol–water partition coefficient (Wildman–Crippen LogP) is 10.1. The Morgan fingerprint density at radius 3 is 1.44 bits per heavy atom. The van der Waals surface area contributed by atoms with Crippen molar-refractivity contribution < 1.29 is 38.7 Å². The molecular weight excluding hydrogens is 526 g/mol. The molecule has 2 aromatic heterocycles. The zero-order valence-corrected chi connectivity index (χ0v) is 21.2. The minimum Gasteiger partial charge on any atom is -0.456 e. The van der Waals surface area contributed by atoms with Gasteiger partial charge in [-0.15, -0.1) is 0 Å². The summed E-state index contributed by atoms with van der Waals surface area (Å²) in [6, 6.07) is -21.8. The fourth-order valence-corrected chi connectivity index (χ4v) is 4.09. The molecule has 0 unspecified atom stereocenters. The summed E-state index contributed by atoms with van der Waals surface area (Å²) in [6.45, 7) is 0. The van der Waals surface area contributed by atoms with Gasteiger partial charge in [0.1, 0.15) is 11.2 Å². The molecule has 0 saturated heterocycles. The van der Waals surface area contributed by atoms with Crippen LogP contribution in [0.1, 0.15) is 34.3 Å². The van der Waals surface area contributed by atoms with Crippen LogP contribution in [0.2, 0.25) is 0 Å². The minimum atomic E-state index is -1.01. The first kappa shape index (κ1) is 10.1. The first-order valence-electron chi connectivity index (χ1n) is 24.7. The van der Waals surface area contributed by atoms with Crippen molar-refractivity contribution in [2.24, 2.45) is 0 Å². The van der Waals surface area contributed by atoms with E-state index in [9.17, 15) is 5.48 Å². The maximum absolute atomic E-state index is 9.24. The molecule has 2 heterocycles. The van der Waals surface area contributed by atoms with E-state index in [1.807, 2.05) is 0 Å². The van der Waals surface area contributed by atoms with Crippen molar-refractivity contribution in [2.45, 2.75) is 0 Å². The maximum atomic E-state index is 9.24. The molecule has 0 N–H and O–H groups in total. The van der Waals surface area contributed by atoms with Gasteiger partial charge >= 0.3 is 0 Å². The molecule has 0 amide bonds. The van der Waals surface area contributed by atoms with Crippen LogP contribution < -0.4 is 0 Å². The zero-order chi connectivity index (χ0) is 50.3. The van der Waals surface area contributed by atoms with Crippen LogP contribution in [0.4, 0.5) is 0 Å². The smallest absolute Gasteiger partial charge is 0.164 e. The van der Waals surface area contributed by atoms with E-state index in [1.165, 1.54) is 0 Å².